The van der Waals surface area contributed by atoms with Gasteiger partial charge in [0, 0.05) is 5.75 Å². The molecule has 0 saturated carbocycles. The molecule has 0 unspecified atom stereocenters. The molecule has 1 heterocycles. The molecule has 4 rings (SSSR count). The van der Waals surface area contributed by atoms with Crippen molar-refractivity contribution in [3.8, 4) is 11.4 Å². The minimum absolute atomic E-state index is 0.0615. The van der Waals surface area contributed by atoms with Gasteiger partial charge in [-0.2, -0.15) is 0 Å². The first-order valence-corrected chi connectivity index (χ1v) is 12.9. The number of aryl methyl sites for hydroxylation is 1. The lowest BCUT2D eigenvalue weighted by Crippen LogP contribution is -2.16. The van der Waals surface area contributed by atoms with Crippen molar-refractivity contribution in [3.05, 3.63) is 100 Å². The van der Waals surface area contributed by atoms with E-state index >= 15 is 0 Å². The zero-order chi connectivity index (χ0) is 23.3. The van der Waals surface area contributed by atoms with E-state index in [1.165, 1.54) is 16.3 Å². The number of H-pyrrole nitrogens is 1. The Kier molecular flexibility index (Phi) is 7.00. The number of hydrogen-bond acceptors (Lipinski definition) is 6. The Morgan fingerprint density at radius 3 is 2.36 bits per heavy atom. The molecule has 0 aliphatic rings. The standard InChI is InChI=1S/C24H23N3O4S2/c1-18-7-13-22(14-8-18)33(29,30)16-15-32-24-26-25-23(28)27(24)20-9-11-21(12-10-20)31-17-19-5-3-2-4-6-19/h2-14H,15-17H2,1H3,(H,25,28). The van der Waals surface area contributed by atoms with E-state index in [0.717, 1.165) is 11.1 Å². The quantitative estimate of drug-likeness (QED) is 0.363. The van der Waals surface area contributed by atoms with Gasteiger partial charge in [-0.25, -0.2) is 22.9 Å². The van der Waals surface area contributed by atoms with Gasteiger partial charge >= 0.3 is 5.69 Å². The summed E-state index contributed by atoms with van der Waals surface area (Å²) in [7, 11) is -3.42. The van der Waals surface area contributed by atoms with E-state index in [9.17, 15) is 13.2 Å². The molecule has 0 saturated heterocycles. The van der Waals surface area contributed by atoms with Crippen LogP contribution in [0.3, 0.4) is 0 Å². The van der Waals surface area contributed by atoms with Gasteiger partial charge in [0.2, 0.25) is 0 Å². The second-order valence-corrected chi connectivity index (χ2v) is 10.6. The Labute approximate surface area is 196 Å². The van der Waals surface area contributed by atoms with E-state index in [1.54, 1.807) is 48.5 Å². The molecular formula is C24H23N3O4S2. The molecule has 0 fully saturated rings. The van der Waals surface area contributed by atoms with Crippen molar-refractivity contribution < 1.29 is 13.2 Å². The van der Waals surface area contributed by atoms with Crippen LogP contribution in [0.5, 0.6) is 5.75 Å². The average Bonchev–Trinajstić information content (AvgIpc) is 3.19. The maximum Gasteiger partial charge on any atom is 0.348 e. The van der Waals surface area contributed by atoms with Crippen LogP contribution in [0.1, 0.15) is 11.1 Å². The maximum absolute atomic E-state index is 12.6. The summed E-state index contributed by atoms with van der Waals surface area (Å²) in [6.45, 7) is 2.35. The Balaban J connectivity index is 1.41. The molecule has 1 aromatic heterocycles. The smallest absolute Gasteiger partial charge is 0.348 e. The highest BCUT2D eigenvalue weighted by atomic mass is 32.2. The fraction of sp³-hybridized carbons (Fsp3) is 0.167. The first kappa shape index (κ1) is 22.9. The first-order chi connectivity index (χ1) is 15.9. The van der Waals surface area contributed by atoms with E-state index < -0.39 is 15.5 Å². The Hall–Kier alpha value is -3.30. The number of aromatic amines is 1. The van der Waals surface area contributed by atoms with Gasteiger partial charge in [0.15, 0.2) is 15.0 Å². The maximum atomic E-state index is 12.6. The number of sulfone groups is 1. The lowest BCUT2D eigenvalue weighted by Gasteiger charge is -2.09. The van der Waals surface area contributed by atoms with Crippen LogP contribution < -0.4 is 10.4 Å². The molecule has 4 aromatic rings. The monoisotopic (exact) mass is 481 g/mol. The molecule has 0 atom stereocenters. The van der Waals surface area contributed by atoms with Gasteiger partial charge in [-0.15, -0.1) is 5.10 Å². The number of aromatic nitrogens is 3. The van der Waals surface area contributed by atoms with Crippen LogP contribution >= 0.6 is 11.8 Å². The van der Waals surface area contributed by atoms with Gasteiger partial charge < -0.3 is 4.74 Å². The topological polar surface area (TPSA) is 94.0 Å². The Morgan fingerprint density at radius 1 is 0.970 bits per heavy atom. The van der Waals surface area contributed by atoms with Crippen LogP contribution in [0.25, 0.3) is 5.69 Å². The van der Waals surface area contributed by atoms with Crippen molar-refractivity contribution in [1.82, 2.24) is 14.8 Å². The number of nitrogens with zero attached hydrogens (tertiary/aromatic N) is 2. The van der Waals surface area contributed by atoms with E-state index in [-0.39, 0.29) is 11.5 Å². The summed E-state index contributed by atoms with van der Waals surface area (Å²) >= 11 is 1.21. The predicted molar refractivity (Wildman–Crippen MR) is 129 cm³/mol. The molecule has 9 heteroatoms. The summed E-state index contributed by atoms with van der Waals surface area (Å²) in [6, 6.07) is 23.7. The van der Waals surface area contributed by atoms with Gasteiger partial charge in [-0.1, -0.05) is 59.8 Å². The van der Waals surface area contributed by atoms with Gasteiger partial charge in [-0.3, -0.25) is 0 Å². The molecule has 0 radical (unpaired) electrons. The highest BCUT2D eigenvalue weighted by Crippen LogP contribution is 2.22. The largest absolute Gasteiger partial charge is 0.489 e. The fourth-order valence-corrected chi connectivity index (χ4v) is 5.75. The molecule has 0 bridgehead atoms. The summed E-state index contributed by atoms with van der Waals surface area (Å²) in [5, 5.41) is 6.90. The summed E-state index contributed by atoms with van der Waals surface area (Å²) in [5.41, 5.74) is 2.29. The van der Waals surface area contributed by atoms with Gasteiger partial charge in [0.1, 0.15) is 12.4 Å². The Bertz CT molecular complexity index is 1360. The molecule has 3 aromatic carbocycles. The number of ether oxygens (including phenoxy) is 1. The highest BCUT2D eigenvalue weighted by molar-refractivity contribution is 8.00. The molecule has 7 nitrogen and oxygen atoms in total. The molecule has 170 valence electrons. The highest BCUT2D eigenvalue weighted by Gasteiger charge is 2.17. The van der Waals surface area contributed by atoms with E-state index in [1.807, 2.05) is 37.3 Å². The second-order valence-electron chi connectivity index (χ2n) is 7.40. The summed E-state index contributed by atoms with van der Waals surface area (Å²) in [5.74, 6) is 0.879. The van der Waals surface area contributed by atoms with Crippen molar-refractivity contribution in [2.45, 2.75) is 23.6 Å². The van der Waals surface area contributed by atoms with Crippen LogP contribution in [0.4, 0.5) is 0 Å². The van der Waals surface area contributed by atoms with E-state index in [2.05, 4.69) is 10.2 Å². The number of hydrogen-bond donors (Lipinski definition) is 1. The lowest BCUT2D eigenvalue weighted by atomic mass is 10.2. The van der Waals surface area contributed by atoms with Crippen molar-refractivity contribution >= 4 is 21.6 Å². The van der Waals surface area contributed by atoms with Crippen LogP contribution in [-0.4, -0.2) is 34.7 Å². The lowest BCUT2D eigenvalue weighted by molar-refractivity contribution is 0.306. The third-order valence-corrected chi connectivity index (χ3v) is 7.88. The molecule has 33 heavy (non-hydrogen) atoms. The normalized spacial score (nSPS) is 11.4. The van der Waals surface area contributed by atoms with Gasteiger partial charge in [0.05, 0.1) is 16.3 Å². The third kappa shape index (κ3) is 5.74. The van der Waals surface area contributed by atoms with Crippen LogP contribution in [0, 0.1) is 6.92 Å². The summed E-state index contributed by atoms with van der Waals surface area (Å²) < 4.78 is 32.4. The minimum Gasteiger partial charge on any atom is -0.489 e. The number of thioether (sulfide) groups is 1. The van der Waals surface area contributed by atoms with Crippen molar-refractivity contribution in [3.63, 3.8) is 0 Å². The summed E-state index contributed by atoms with van der Waals surface area (Å²) in [6.07, 6.45) is 0. The van der Waals surface area contributed by atoms with Crippen LogP contribution in [0.15, 0.2) is 93.7 Å². The SMILES string of the molecule is Cc1ccc(S(=O)(=O)CCSc2n[nH]c(=O)n2-c2ccc(OCc3ccccc3)cc2)cc1. The average molecular weight is 482 g/mol. The number of rotatable bonds is 9. The van der Waals surface area contributed by atoms with Crippen LogP contribution in [-0.2, 0) is 16.4 Å². The van der Waals surface area contributed by atoms with E-state index in [4.69, 9.17) is 4.74 Å². The predicted octanol–water partition coefficient (Wildman–Crippen LogP) is 4.01. The Morgan fingerprint density at radius 2 is 1.67 bits per heavy atom. The summed E-state index contributed by atoms with van der Waals surface area (Å²) in [4.78, 5) is 12.6. The van der Waals surface area contributed by atoms with E-state index in [0.29, 0.717) is 28.1 Å². The zero-order valence-electron chi connectivity index (χ0n) is 18.0. The van der Waals surface area contributed by atoms with Crippen LogP contribution in [0.2, 0.25) is 0 Å². The van der Waals surface area contributed by atoms with Gasteiger partial charge in [0.25, 0.3) is 0 Å². The number of nitrogens with one attached hydrogen (secondary N) is 1. The van der Waals surface area contributed by atoms with Gasteiger partial charge in [-0.05, 0) is 48.9 Å². The molecule has 0 aliphatic heterocycles. The first-order valence-electron chi connectivity index (χ1n) is 10.3. The molecule has 1 N–H and O–H groups in total. The molecule has 0 aliphatic carbocycles. The molecule has 0 spiro atoms. The van der Waals surface area contributed by atoms with Crippen molar-refractivity contribution in [1.29, 1.82) is 0 Å². The van der Waals surface area contributed by atoms with Crippen molar-refractivity contribution in [2.24, 2.45) is 0 Å². The molecular weight excluding hydrogens is 458 g/mol. The zero-order valence-corrected chi connectivity index (χ0v) is 19.6. The minimum atomic E-state index is -3.42. The third-order valence-electron chi connectivity index (χ3n) is 4.95. The van der Waals surface area contributed by atoms with Crippen molar-refractivity contribution in [2.75, 3.05) is 11.5 Å². The fourth-order valence-electron chi connectivity index (χ4n) is 3.15. The number of benzene rings is 3. The molecule has 0 amide bonds. The second kappa shape index (κ2) is 10.1.